The van der Waals surface area contributed by atoms with Crippen LogP contribution in [0.2, 0.25) is 0 Å². The van der Waals surface area contributed by atoms with E-state index in [1.165, 1.54) is 6.42 Å². The average Bonchev–Trinajstić information content (AvgIpc) is 2.88. The first-order valence-electron chi connectivity index (χ1n) is 8.67. The lowest BCUT2D eigenvalue weighted by Gasteiger charge is -2.60. The Morgan fingerprint density at radius 2 is 2.21 bits per heavy atom. The van der Waals surface area contributed by atoms with E-state index in [4.69, 9.17) is 4.74 Å². The lowest BCUT2D eigenvalue weighted by atomic mass is 9.51. The molecule has 1 amide bonds. The van der Waals surface area contributed by atoms with Crippen molar-refractivity contribution in [1.82, 2.24) is 24.9 Å². The molecular weight excluding hydrogens is 306 g/mol. The van der Waals surface area contributed by atoms with Gasteiger partial charge >= 0.3 is 0 Å². The Bertz CT molecular complexity index is 796. The quantitative estimate of drug-likeness (QED) is 0.925. The molecule has 128 valence electrons. The zero-order chi connectivity index (χ0) is 16.9. The van der Waals surface area contributed by atoms with Crippen LogP contribution in [0.4, 0.5) is 0 Å². The Balaban J connectivity index is 1.52. The minimum atomic E-state index is -0.219. The average molecular weight is 329 g/mol. The third-order valence-electron chi connectivity index (χ3n) is 5.56. The Labute approximate surface area is 140 Å². The lowest BCUT2D eigenvalue weighted by molar-refractivity contribution is -0.169. The highest BCUT2D eigenvalue weighted by Crippen LogP contribution is 2.57. The first-order chi connectivity index (χ1) is 11.5. The molecule has 0 aromatic carbocycles. The van der Waals surface area contributed by atoms with Crippen LogP contribution in [0.1, 0.15) is 54.6 Å². The van der Waals surface area contributed by atoms with E-state index in [-0.39, 0.29) is 29.3 Å². The summed E-state index contributed by atoms with van der Waals surface area (Å²) >= 11 is 0. The molecule has 2 heterocycles. The maximum atomic E-state index is 12.6. The SMILES string of the molecule is CCO[C@H]1C[C@H](NC(=O)c2nc3nc(C)cc(C)n3n2)C12CCC2. The van der Waals surface area contributed by atoms with Crippen LogP contribution in [0.3, 0.4) is 0 Å². The third-order valence-corrected chi connectivity index (χ3v) is 5.56. The van der Waals surface area contributed by atoms with E-state index in [2.05, 4.69) is 20.4 Å². The molecule has 0 bridgehead atoms. The van der Waals surface area contributed by atoms with E-state index in [1.54, 1.807) is 4.52 Å². The lowest BCUT2D eigenvalue weighted by Crippen LogP contribution is -2.67. The van der Waals surface area contributed by atoms with Crippen molar-refractivity contribution in [3.05, 3.63) is 23.3 Å². The topological polar surface area (TPSA) is 81.4 Å². The van der Waals surface area contributed by atoms with Gasteiger partial charge in [0.1, 0.15) is 0 Å². The van der Waals surface area contributed by atoms with Gasteiger partial charge in [0, 0.05) is 29.5 Å². The predicted molar refractivity (Wildman–Crippen MR) is 87.8 cm³/mol. The molecule has 2 atom stereocenters. The maximum Gasteiger partial charge on any atom is 0.291 e. The molecule has 7 heteroatoms. The van der Waals surface area contributed by atoms with E-state index in [9.17, 15) is 4.79 Å². The van der Waals surface area contributed by atoms with Crippen LogP contribution in [0.5, 0.6) is 0 Å². The molecule has 1 N–H and O–H groups in total. The van der Waals surface area contributed by atoms with Crippen molar-refractivity contribution in [2.75, 3.05) is 6.61 Å². The van der Waals surface area contributed by atoms with Crippen molar-refractivity contribution in [3.8, 4) is 0 Å². The van der Waals surface area contributed by atoms with Crippen LogP contribution < -0.4 is 5.32 Å². The highest BCUT2D eigenvalue weighted by molar-refractivity contribution is 5.91. The van der Waals surface area contributed by atoms with Crippen molar-refractivity contribution >= 4 is 11.7 Å². The molecule has 2 fully saturated rings. The second-order valence-corrected chi connectivity index (χ2v) is 6.98. The second-order valence-electron chi connectivity index (χ2n) is 6.98. The van der Waals surface area contributed by atoms with E-state index in [1.807, 2.05) is 26.8 Å². The maximum absolute atomic E-state index is 12.6. The van der Waals surface area contributed by atoms with Crippen molar-refractivity contribution in [3.63, 3.8) is 0 Å². The summed E-state index contributed by atoms with van der Waals surface area (Å²) in [5, 5.41) is 7.44. The molecule has 2 aromatic heterocycles. The standard InChI is InChI=1S/C17H23N5O2/c1-4-24-13-9-12(17(13)6-5-7-17)19-15(23)14-20-16-18-10(2)8-11(3)22(16)21-14/h8,12-13H,4-7,9H2,1-3H3,(H,19,23)/t12-,13-/m0/s1. The van der Waals surface area contributed by atoms with Crippen molar-refractivity contribution in [1.29, 1.82) is 0 Å². The number of fused-ring (bicyclic) bond motifs is 1. The Kier molecular flexibility index (Phi) is 3.56. The van der Waals surface area contributed by atoms with Gasteiger partial charge in [0.05, 0.1) is 6.10 Å². The Hall–Kier alpha value is -2.02. The van der Waals surface area contributed by atoms with Gasteiger partial charge in [-0.05, 0) is 46.1 Å². The molecule has 0 aliphatic heterocycles. The minimum Gasteiger partial charge on any atom is -0.378 e. The first-order valence-corrected chi connectivity index (χ1v) is 8.67. The van der Waals surface area contributed by atoms with Gasteiger partial charge in [-0.15, -0.1) is 5.10 Å². The van der Waals surface area contributed by atoms with Crippen LogP contribution in [0, 0.1) is 19.3 Å². The number of hydrogen-bond donors (Lipinski definition) is 1. The summed E-state index contributed by atoms with van der Waals surface area (Å²) in [7, 11) is 0. The van der Waals surface area contributed by atoms with E-state index < -0.39 is 0 Å². The zero-order valence-electron chi connectivity index (χ0n) is 14.4. The summed E-state index contributed by atoms with van der Waals surface area (Å²) in [6.45, 7) is 6.59. The van der Waals surface area contributed by atoms with Gasteiger partial charge in [0.25, 0.3) is 11.7 Å². The molecule has 4 rings (SSSR count). The van der Waals surface area contributed by atoms with E-state index in [0.717, 1.165) is 37.3 Å². The van der Waals surface area contributed by atoms with Gasteiger partial charge in [0.2, 0.25) is 5.82 Å². The second kappa shape index (κ2) is 5.51. The summed E-state index contributed by atoms with van der Waals surface area (Å²) < 4.78 is 7.45. The van der Waals surface area contributed by atoms with Crippen LogP contribution in [-0.2, 0) is 4.74 Å². The molecular formula is C17H23N5O2. The molecule has 2 aromatic rings. The normalized spacial score (nSPS) is 24.6. The van der Waals surface area contributed by atoms with Gasteiger partial charge < -0.3 is 10.1 Å². The number of carbonyl (C=O) groups is 1. The van der Waals surface area contributed by atoms with Crippen LogP contribution in [0.25, 0.3) is 5.78 Å². The van der Waals surface area contributed by atoms with E-state index >= 15 is 0 Å². The molecule has 2 saturated carbocycles. The summed E-state index contributed by atoms with van der Waals surface area (Å²) in [5.74, 6) is 0.436. The number of rotatable bonds is 4. The molecule has 24 heavy (non-hydrogen) atoms. The van der Waals surface area contributed by atoms with Crippen molar-refractivity contribution in [2.45, 2.75) is 58.6 Å². The fourth-order valence-corrected chi connectivity index (χ4v) is 4.13. The van der Waals surface area contributed by atoms with Crippen molar-refractivity contribution in [2.24, 2.45) is 5.41 Å². The Morgan fingerprint density at radius 1 is 1.42 bits per heavy atom. The number of aromatic nitrogens is 4. The third kappa shape index (κ3) is 2.22. The monoisotopic (exact) mass is 329 g/mol. The fraction of sp³-hybridized carbons (Fsp3) is 0.647. The minimum absolute atomic E-state index is 0.135. The molecule has 0 radical (unpaired) electrons. The van der Waals surface area contributed by atoms with E-state index in [0.29, 0.717) is 5.78 Å². The van der Waals surface area contributed by atoms with Crippen LogP contribution >= 0.6 is 0 Å². The number of nitrogens with zero attached hydrogens (tertiary/aromatic N) is 4. The molecule has 1 spiro atoms. The summed E-state index contributed by atoms with van der Waals surface area (Å²) in [6.07, 6.45) is 4.62. The number of amides is 1. The highest BCUT2D eigenvalue weighted by atomic mass is 16.5. The first kappa shape index (κ1) is 15.5. The molecule has 2 aliphatic rings. The highest BCUT2D eigenvalue weighted by Gasteiger charge is 2.59. The summed E-state index contributed by atoms with van der Waals surface area (Å²) in [4.78, 5) is 21.2. The van der Waals surface area contributed by atoms with Gasteiger partial charge in [0.15, 0.2) is 0 Å². The molecule has 7 nitrogen and oxygen atoms in total. The summed E-state index contributed by atoms with van der Waals surface area (Å²) in [6, 6.07) is 2.09. The number of nitrogens with one attached hydrogen (secondary N) is 1. The van der Waals surface area contributed by atoms with Gasteiger partial charge in [-0.3, -0.25) is 4.79 Å². The van der Waals surface area contributed by atoms with Gasteiger partial charge in [-0.2, -0.15) is 4.98 Å². The molecule has 0 unspecified atom stereocenters. The predicted octanol–water partition coefficient (Wildman–Crippen LogP) is 1.82. The summed E-state index contributed by atoms with van der Waals surface area (Å²) in [5.41, 5.74) is 1.92. The largest absolute Gasteiger partial charge is 0.378 e. The number of carbonyl (C=O) groups excluding carboxylic acids is 1. The smallest absolute Gasteiger partial charge is 0.291 e. The van der Waals surface area contributed by atoms with Crippen LogP contribution in [0.15, 0.2) is 6.07 Å². The number of aryl methyl sites for hydroxylation is 2. The fourth-order valence-electron chi connectivity index (χ4n) is 4.13. The number of hydrogen-bond acceptors (Lipinski definition) is 5. The molecule has 0 saturated heterocycles. The van der Waals surface area contributed by atoms with Crippen LogP contribution in [-0.4, -0.2) is 44.2 Å². The van der Waals surface area contributed by atoms with Gasteiger partial charge in [-0.25, -0.2) is 9.50 Å². The van der Waals surface area contributed by atoms with Crippen molar-refractivity contribution < 1.29 is 9.53 Å². The number of ether oxygens (including phenoxy) is 1. The molecule has 2 aliphatic carbocycles. The zero-order valence-corrected chi connectivity index (χ0v) is 14.4. The van der Waals surface area contributed by atoms with Gasteiger partial charge in [-0.1, -0.05) is 6.42 Å². The Morgan fingerprint density at radius 3 is 2.88 bits per heavy atom.